The van der Waals surface area contributed by atoms with E-state index in [9.17, 15) is 5.26 Å². The van der Waals surface area contributed by atoms with Crippen LogP contribution >= 0.6 is 11.8 Å². The largest absolute Gasteiger partial charge is 0.303 e. The van der Waals surface area contributed by atoms with Crippen molar-refractivity contribution in [3.63, 3.8) is 0 Å². The van der Waals surface area contributed by atoms with Crippen molar-refractivity contribution in [2.75, 3.05) is 25.9 Å². The number of thioether (sulfide) groups is 1. The second kappa shape index (κ2) is 6.26. The monoisotopic (exact) mass is 260 g/mol. The summed E-state index contributed by atoms with van der Waals surface area (Å²) >= 11 is 1.72. The number of nitriles is 1. The minimum Gasteiger partial charge on any atom is -0.303 e. The van der Waals surface area contributed by atoms with E-state index in [-0.39, 0.29) is 4.75 Å². The fourth-order valence-corrected chi connectivity index (χ4v) is 3.11. The Balaban J connectivity index is 1.79. The maximum Gasteiger partial charge on any atom is 0.104 e. The minimum absolute atomic E-state index is 0.122. The van der Waals surface area contributed by atoms with E-state index >= 15 is 0 Å². The Hall–Kier alpha value is -0.980. The van der Waals surface area contributed by atoms with E-state index in [4.69, 9.17) is 0 Å². The van der Waals surface area contributed by atoms with Crippen LogP contribution in [0.1, 0.15) is 18.4 Å². The van der Waals surface area contributed by atoms with Crippen molar-refractivity contribution >= 4 is 11.8 Å². The van der Waals surface area contributed by atoms with Gasteiger partial charge in [0.1, 0.15) is 4.75 Å². The Morgan fingerprint density at radius 2 is 1.94 bits per heavy atom. The normalized spacial score (nSPS) is 19.3. The Morgan fingerprint density at radius 3 is 2.50 bits per heavy atom. The van der Waals surface area contributed by atoms with Crippen LogP contribution < -0.4 is 0 Å². The third-order valence-electron chi connectivity index (χ3n) is 3.82. The molecule has 0 N–H and O–H groups in total. The number of nitrogens with zero attached hydrogens (tertiary/aromatic N) is 2. The molecule has 1 aromatic carbocycles. The van der Waals surface area contributed by atoms with E-state index in [0.29, 0.717) is 0 Å². The third kappa shape index (κ3) is 3.28. The molecule has 1 saturated heterocycles. The highest BCUT2D eigenvalue weighted by molar-refractivity contribution is 8.00. The van der Waals surface area contributed by atoms with E-state index in [1.54, 1.807) is 11.8 Å². The summed E-state index contributed by atoms with van der Waals surface area (Å²) in [5, 5.41) is 9.25. The summed E-state index contributed by atoms with van der Waals surface area (Å²) in [6, 6.07) is 13.1. The maximum atomic E-state index is 9.25. The molecule has 2 rings (SSSR count). The topological polar surface area (TPSA) is 27.0 Å². The molecule has 2 nitrogen and oxygen atoms in total. The van der Waals surface area contributed by atoms with Crippen molar-refractivity contribution < 1.29 is 0 Å². The summed E-state index contributed by atoms with van der Waals surface area (Å²) in [5.41, 5.74) is 1.40. The highest BCUT2D eigenvalue weighted by Crippen LogP contribution is 2.33. The van der Waals surface area contributed by atoms with Crippen LogP contribution in [0.25, 0.3) is 0 Å². The predicted molar refractivity (Wildman–Crippen MR) is 77.7 cm³/mol. The highest BCUT2D eigenvalue weighted by Gasteiger charge is 2.33. The van der Waals surface area contributed by atoms with Crippen LogP contribution in [0.3, 0.4) is 0 Å². The van der Waals surface area contributed by atoms with E-state index in [0.717, 1.165) is 38.9 Å². The van der Waals surface area contributed by atoms with Crippen molar-refractivity contribution in [1.29, 1.82) is 5.26 Å². The van der Waals surface area contributed by atoms with Crippen molar-refractivity contribution in [2.24, 2.45) is 0 Å². The maximum absolute atomic E-state index is 9.25. The molecule has 3 heteroatoms. The lowest BCUT2D eigenvalue weighted by molar-refractivity contribution is 0.219. The molecule has 18 heavy (non-hydrogen) atoms. The van der Waals surface area contributed by atoms with Gasteiger partial charge in [0.15, 0.2) is 0 Å². The molecule has 0 radical (unpaired) electrons. The summed E-state index contributed by atoms with van der Waals surface area (Å²) < 4.78 is -0.122. The number of piperidine rings is 1. The molecule has 1 aromatic rings. The average Bonchev–Trinajstić information content (AvgIpc) is 2.47. The minimum atomic E-state index is -0.122. The quantitative estimate of drug-likeness (QED) is 0.833. The van der Waals surface area contributed by atoms with Crippen molar-refractivity contribution in [3.8, 4) is 6.07 Å². The zero-order valence-electron chi connectivity index (χ0n) is 10.9. The molecule has 0 aromatic heterocycles. The number of hydrogen-bond donors (Lipinski definition) is 0. The van der Waals surface area contributed by atoms with E-state index in [1.807, 2.05) is 0 Å². The van der Waals surface area contributed by atoms with Crippen LogP contribution in [0.15, 0.2) is 30.3 Å². The lowest BCUT2D eigenvalue weighted by Crippen LogP contribution is -2.42. The van der Waals surface area contributed by atoms with Crippen molar-refractivity contribution in [1.82, 2.24) is 4.90 Å². The molecule has 0 saturated carbocycles. The van der Waals surface area contributed by atoms with Gasteiger partial charge in [-0.25, -0.2) is 0 Å². The summed E-state index contributed by atoms with van der Waals surface area (Å²) in [7, 11) is 0. The van der Waals surface area contributed by atoms with E-state index in [2.05, 4.69) is 47.6 Å². The third-order valence-corrected chi connectivity index (χ3v) is 5.10. The van der Waals surface area contributed by atoms with Crippen LogP contribution in [0, 0.1) is 11.3 Å². The summed E-state index contributed by atoms with van der Waals surface area (Å²) in [6.07, 6.45) is 5.17. The number of hydrogen-bond acceptors (Lipinski definition) is 3. The SMILES string of the molecule is CSC1(C#N)CCN(CCc2ccccc2)CC1. The molecular formula is C15H20N2S. The molecule has 0 atom stereocenters. The molecule has 0 spiro atoms. The smallest absolute Gasteiger partial charge is 0.104 e. The Morgan fingerprint density at radius 1 is 1.28 bits per heavy atom. The molecule has 1 fully saturated rings. The molecular weight excluding hydrogens is 240 g/mol. The highest BCUT2D eigenvalue weighted by atomic mass is 32.2. The van der Waals surface area contributed by atoms with Gasteiger partial charge in [-0.15, -0.1) is 11.8 Å². The van der Waals surface area contributed by atoms with Crippen LogP contribution in [-0.4, -0.2) is 35.5 Å². The van der Waals surface area contributed by atoms with Gasteiger partial charge in [0.2, 0.25) is 0 Å². The van der Waals surface area contributed by atoms with Gasteiger partial charge in [0.25, 0.3) is 0 Å². The molecule has 1 aliphatic rings. The standard InChI is InChI=1S/C15H20N2S/c1-18-15(13-16)8-11-17(12-9-15)10-7-14-5-3-2-4-6-14/h2-6H,7-12H2,1H3. The number of likely N-dealkylation sites (tertiary alicyclic amines) is 1. The molecule has 0 unspecified atom stereocenters. The van der Waals surface area contributed by atoms with Crippen molar-refractivity contribution in [2.45, 2.75) is 24.0 Å². The van der Waals surface area contributed by atoms with Crippen LogP contribution in [0.5, 0.6) is 0 Å². The predicted octanol–water partition coefficient (Wildman–Crippen LogP) is 2.95. The molecule has 1 heterocycles. The number of benzene rings is 1. The van der Waals surface area contributed by atoms with Gasteiger partial charge in [-0.05, 0) is 31.1 Å². The van der Waals surface area contributed by atoms with Crippen LogP contribution in [0.4, 0.5) is 0 Å². The fourth-order valence-electron chi connectivity index (χ4n) is 2.43. The molecule has 0 aliphatic carbocycles. The summed E-state index contributed by atoms with van der Waals surface area (Å²) in [4.78, 5) is 2.48. The lowest BCUT2D eigenvalue weighted by Gasteiger charge is -2.36. The van der Waals surface area contributed by atoms with Gasteiger partial charge in [0, 0.05) is 19.6 Å². The Labute approximate surface area is 114 Å². The van der Waals surface area contributed by atoms with Gasteiger partial charge < -0.3 is 4.90 Å². The van der Waals surface area contributed by atoms with Crippen LogP contribution in [0.2, 0.25) is 0 Å². The lowest BCUT2D eigenvalue weighted by atomic mass is 9.97. The van der Waals surface area contributed by atoms with E-state index in [1.165, 1.54) is 5.56 Å². The Kier molecular flexibility index (Phi) is 4.68. The van der Waals surface area contributed by atoms with E-state index < -0.39 is 0 Å². The van der Waals surface area contributed by atoms with Gasteiger partial charge in [0.05, 0.1) is 6.07 Å². The van der Waals surface area contributed by atoms with Gasteiger partial charge in [-0.2, -0.15) is 5.26 Å². The molecule has 0 amide bonds. The summed E-state index contributed by atoms with van der Waals surface area (Å²) in [5.74, 6) is 0. The van der Waals surface area contributed by atoms with Gasteiger partial charge in [-0.1, -0.05) is 30.3 Å². The zero-order chi connectivity index (χ0) is 12.8. The van der Waals surface area contributed by atoms with Gasteiger partial charge >= 0.3 is 0 Å². The molecule has 1 aliphatic heterocycles. The zero-order valence-corrected chi connectivity index (χ0v) is 11.7. The first-order valence-electron chi connectivity index (χ1n) is 6.51. The van der Waals surface area contributed by atoms with Crippen LogP contribution in [-0.2, 0) is 6.42 Å². The second-order valence-corrected chi connectivity index (χ2v) is 6.08. The first-order chi connectivity index (χ1) is 8.78. The number of rotatable bonds is 4. The summed E-state index contributed by atoms with van der Waals surface area (Å²) in [6.45, 7) is 3.22. The average molecular weight is 260 g/mol. The van der Waals surface area contributed by atoms with Gasteiger partial charge in [-0.3, -0.25) is 0 Å². The first kappa shape index (κ1) is 13.5. The fraction of sp³-hybridized carbons (Fsp3) is 0.533. The Bertz CT molecular complexity index is 402. The first-order valence-corrected chi connectivity index (χ1v) is 7.73. The second-order valence-electron chi connectivity index (χ2n) is 4.89. The molecule has 96 valence electrons. The van der Waals surface area contributed by atoms with Crippen molar-refractivity contribution in [3.05, 3.63) is 35.9 Å². The molecule has 0 bridgehead atoms.